The van der Waals surface area contributed by atoms with E-state index in [1.807, 2.05) is 37.4 Å². The molecule has 3 aromatic rings. The van der Waals surface area contributed by atoms with Crippen LogP contribution in [0.5, 0.6) is 0 Å². The van der Waals surface area contributed by atoms with Crippen molar-refractivity contribution in [3.63, 3.8) is 0 Å². The van der Waals surface area contributed by atoms with E-state index >= 15 is 0 Å². The highest BCUT2D eigenvalue weighted by atomic mass is 19.1. The van der Waals surface area contributed by atoms with Crippen LogP contribution in [-0.2, 0) is 11.3 Å². The molecule has 1 unspecified atom stereocenters. The summed E-state index contributed by atoms with van der Waals surface area (Å²) >= 11 is 0. The first-order chi connectivity index (χ1) is 13.6. The predicted molar refractivity (Wildman–Crippen MR) is 107 cm³/mol. The second-order valence-corrected chi connectivity index (χ2v) is 6.53. The Morgan fingerprint density at radius 1 is 1.11 bits per heavy atom. The van der Waals surface area contributed by atoms with Crippen molar-refractivity contribution in [2.75, 3.05) is 5.32 Å². The number of nitrogens with one attached hydrogen (secondary N) is 4. The smallest absolute Gasteiger partial charge is 0.315 e. The van der Waals surface area contributed by atoms with E-state index in [0.29, 0.717) is 12.1 Å². The predicted octanol–water partition coefficient (Wildman–Crippen LogP) is 3.91. The molecular formula is C21H23FN4O2. The molecule has 0 radical (unpaired) electrons. The third-order valence-corrected chi connectivity index (χ3v) is 4.42. The number of anilines is 1. The van der Waals surface area contributed by atoms with Crippen LogP contribution in [0.15, 0.2) is 54.7 Å². The molecule has 0 saturated carbocycles. The van der Waals surface area contributed by atoms with E-state index < -0.39 is 12.1 Å². The van der Waals surface area contributed by atoms with Crippen LogP contribution in [0.25, 0.3) is 10.9 Å². The highest BCUT2D eigenvalue weighted by Crippen LogP contribution is 2.22. The van der Waals surface area contributed by atoms with Crippen LogP contribution in [0.3, 0.4) is 0 Å². The zero-order valence-electron chi connectivity index (χ0n) is 15.6. The monoisotopic (exact) mass is 382 g/mol. The summed E-state index contributed by atoms with van der Waals surface area (Å²) in [5.74, 6) is -0.599. The average molecular weight is 382 g/mol. The molecule has 0 spiro atoms. The standard InChI is InChI=1S/C21H23FN4O2/c1-2-4-19(26-21(28)24-13-14-7-9-15(22)10-8-14)20(27)25-18-6-3-5-17-16(18)11-12-23-17/h3,5-12,19,23H,2,4,13H2,1H3,(H,25,27)(H2,24,26,28). The van der Waals surface area contributed by atoms with Crippen LogP contribution >= 0.6 is 0 Å². The number of carbonyl (C=O) groups excluding carboxylic acids is 2. The quantitative estimate of drug-likeness (QED) is 0.499. The molecule has 6 nitrogen and oxygen atoms in total. The Balaban J connectivity index is 1.60. The Hall–Kier alpha value is -3.35. The van der Waals surface area contributed by atoms with Gasteiger partial charge in [-0.2, -0.15) is 0 Å². The van der Waals surface area contributed by atoms with Gasteiger partial charge in [0.15, 0.2) is 0 Å². The maximum absolute atomic E-state index is 12.9. The van der Waals surface area contributed by atoms with Gasteiger partial charge in [-0.05, 0) is 42.3 Å². The van der Waals surface area contributed by atoms with Gasteiger partial charge >= 0.3 is 6.03 Å². The van der Waals surface area contributed by atoms with Gasteiger partial charge in [0.25, 0.3) is 0 Å². The van der Waals surface area contributed by atoms with Gasteiger partial charge in [-0.25, -0.2) is 9.18 Å². The zero-order valence-corrected chi connectivity index (χ0v) is 15.6. The molecule has 1 heterocycles. The summed E-state index contributed by atoms with van der Waals surface area (Å²) in [5.41, 5.74) is 2.39. The SMILES string of the molecule is CCCC(NC(=O)NCc1ccc(F)cc1)C(=O)Nc1cccc2[nH]ccc12. The van der Waals surface area contributed by atoms with Crippen LogP contribution in [0.4, 0.5) is 14.9 Å². The molecule has 0 aliphatic heterocycles. The molecule has 4 N–H and O–H groups in total. The zero-order chi connectivity index (χ0) is 19.9. The molecule has 2 aromatic carbocycles. The lowest BCUT2D eigenvalue weighted by Crippen LogP contribution is -2.47. The molecule has 0 saturated heterocycles. The van der Waals surface area contributed by atoms with Crippen LogP contribution < -0.4 is 16.0 Å². The number of halogens is 1. The third-order valence-electron chi connectivity index (χ3n) is 4.42. The van der Waals surface area contributed by atoms with E-state index in [4.69, 9.17) is 0 Å². The first-order valence-electron chi connectivity index (χ1n) is 9.22. The van der Waals surface area contributed by atoms with Gasteiger partial charge in [-0.15, -0.1) is 0 Å². The number of H-pyrrole nitrogens is 1. The van der Waals surface area contributed by atoms with Gasteiger partial charge in [-0.3, -0.25) is 4.79 Å². The van der Waals surface area contributed by atoms with E-state index in [9.17, 15) is 14.0 Å². The summed E-state index contributed by atoms with van der Waals surface area (Å²) in [6.45, 7) is 2.19. The molecule has 0 aliphatic carbocycles. The molecule has 28 heavy (non-hydrogen) atoms. The van der Waals surface area contributed by atoms with Crippen molar-refractivity contribution in [3.05, 3.63) is 66.1 Å². The van der Waals surface area contributed by atoms with Gasteiger partial charge in [0, 0.05) is 23.6 Å². The molecule has 0 aliphatic rings. The molecule has 1 atom stereocenters. The number of fused-ring (bicyclic) bond motifs is 1. The Morgan fingerprint density at radius 2 is 1.89 bits per heavy atom. The number of aromatic amines is 1. The molecule has 1 aromatic heterocycles. The van der Waals surface area contributed by atoms with E-state index in [1.165, 1.54) is 12.1 Å². The van der Waals surface area contributed by atoms with Gasteiger partial charge < -0.3 is 20.9 Å². The number of benzene rings is 2. The van der Waals surface area contributed by atoms with E-state index in [2.05, 4.69) is 20.9 Å². The summed E-state index contributed by atoms with van der Waals surface area (Å²) in [5, 5.41) is 9.22. The minimum atomic E-state index is -0.660. The third kappa shape index (κ3) is 4.88. The number of carbonyl (C=O) groups is 2. The van der Waals surface area contributed by atoms with Crippen molar-refractivity contribution in [1.29, 1.82) is 0 Å². The molecular weight excluding hydrogens is 359 g/mol. The maximum Gasteiger partial charge on any atom is 0.315 e. The average Bonchev–Trinajstić information content (AvgIpc) is 3.17. The summed E-state index contributed by atoms with van der Waals surface area (Å²) < 4.78 is 12.9. The summed E-state index contributed by atoms with van der Waals surface area (Å²) in [6.07, 6.45) is 3.06. The van der Waals surface area contributed by atoms with Crippen LogP contribution in [0.1, 0.15) is 25.3 Å². The second-order valence-electron chi connectivity index (χ2n) is 6.53. The molecule has 7 heteroatoms. The van der Waals surface area contributed by atoms with Crippen molar-refractivity contribution in [3.8, 4) is 0 Å². The normalized spacial score (nSPS) is 11.8. The maximum atomic E-state index is 12.9. The largest absolute Gasteiger partial charge is 0.361 e. The lowest BCUT2D eigenvalue weighted by atomic mass is 10.1. The molecule has 0 fully saturated rings. The van der Waals surface area contributed by atoms with E-state index in [0.717, 1.165) is 22.9 Å². The van der Waals surface area contributed by atoms with Gasteiger partial charge in [-0.1, -0.05) is 31.5 Å². The minimum absolute atomic E-state index is 0.245. The van der Waals surface area contributed by atoms with Crippen molar-refractivity contribution in [1.82, 2.24) is 15.6 Å². The number of amides is 3. The Morgan fingerprint density at radius 3 is 2.64 bits per heavy atom. The van der Waals surface area contributed by atoms with Crippen LogP contribution in [0.2, 0.25) is 0 Å². The minimum Gasteiger partial charge on any atom is -0.361 e. The Bertz CT molecular complexity index is 952. The molecule has 3 rings (SSSR count). The first kappa shape index (κ1) is 19.4. The number of hydrogen-bond donors (Lipinski definition) is 4. The van der Waals surface area contributed by atoms with Gasteiger partial charge in [0.1, 0.15) is 11.9 Å². The van der Waals surface area contributed by atoms with Crippen LogP contribution in [0, 0.1) is 5.82 Å². The topological polar surface area (TPSA) is 86.0 Å². The van der Waals surface area contributed by atoms with Crippen molar-refractivity contribution < 1.29 is 14.0 Å². The first-order valence-corrected chi connectivity index (χ1v) is 9.22. The lowest BCUT2D eigenvalue weighted by molar-refractivity contribution is -0.118. The van der Waals surface area contributed by atoms with Gasteiger partial charge in [0.2, 0.25) is 5.91 Å². The number of hydrogen-bond acceptors (Lipinski definition) is 2. The molecule has 3 amide bonds. The van der Waals surface area contributed by atoms with Crippen molar-refractivity contribution in [2.45, 2.75) is 32.4 Å². The fourth-order valence-electron chi connectivity index (χ4n) is 2.97. The molecule has 146 valence electrons. The number of rotatable bonds is 7. The summed E-state index contributed by atoms with van der Waals surface area (Å²) in [6, 6.07) is 12.3. The molecule has 0 bridgehead atoms. The second kappa shape index (κ2) is 9.03. The van der Waals surface area contributed by atoms with Crippen molar-refractivity contribution >= 4 is 28.5 Å². The van der Waals surface area contributed by atoms with Crippen LogP contribution in [-0.4, -0.2) is 23.0 Å². The lowest BCUT2D eigenvalue weighted by Gasteiger charge is -2.18. The highest BCUT2D eigenvalue weighted by Gasteiger charge is 2.20. The van der Waals surface area contributed by atoms with E-state index in [1.54, 1.807) is 12.1 Å². The Labute approximate surface area is 162 Å². The summed E-state index contributed by atoms with van der Waals surface area (Å²) in [7, 11) is 0. The number of aromatic nitrogens is 1. The number of urea groups is 1. The van der Waals surface area contributed by atoms with Gasteiger partial charge in [0.05, 0.1) is 5.69 Å². The highest BCUT2D eigenvalue weighted by molar-refractivity contribution is 6.03. The fourth-order valence-corrected chi connectivity index (χ4v) is 2.97. The fraction of sp³-hybridized carbons (Fsp3) is 0.238. The Kier molecular flexibility index (Phi) is 6.26. The van der Waals surface area contributed by atoms with E-state index in [-0.39, 0.29) is 18.3 Å². The summed E-state index contributed by atoms with van der Waals surface area (Å²) in [4.78, 5) is 28.0. The van der Waals surface area contributed by atoms with Crippen molar-refractivity contribution in [2.24, 2.45) is 0 Å².